The number of methoxy groups -OCH3 is 1. The van der Waals surface area contributed by atoms with E-state index in [1.54, 1.807) is 36.4 Å². The molecule has 2 aromatic carbocycles. The summed E-state index contributed by atoms with van der Waals surface area (Å²) < 4.78 is 40.8. The number of pyridine rings is 1. The van der Waals surface area contributed by atoms with E-state index in [-0.39, 0.29) is 17.1 Å². The lowest BCUT2D eigenvalue weighted by Crippen LogP contribution is -2.34. The summed E-state index contributed by atoms with van der Waals surface area (Å²) >= 11 is 3.39. The molecule has 0 saturated carbocycles. The molecule has 0 bridgehead atoms. The fourth-order valence-electron chi connectivity index (χ4n) is 3.18. The number of hydrogen-bond acceptors (Lipinski definition) is 5. The van der Waals surface area contributed by atoms with Crippen LogP contribution in [0, 0.1) is 0 Å². The zero-order valence-electron chi connectivity index (χ0n) is 15.3. The summed E-state index contributed by atoms with van der Waals surface area (Å²) in [4.78, 5) is 12.8. The highest BCUT2D eigenvalue weighted by Crippen LogP contribution is 2.29. The van der Waals surface area contributed by atoms with E-state index in [4.69, 9.17) is 9.47 Å². The van der Waals surface area contributed by atoms with Crippen molar-refractivity contribution in [2.45, 2.75) is 10.9 Å². The van der Waals surface area contributed by atoms with Gasteiger partial charge in [-0.1, -0.05) is 15.9 Å². The van der Waals surface area contributed by atoms with Crippen LogP contribution < -0.4 is 15.0 Å². The number of aromatic nitrogens is 1. The SMILES string of the molecule is COc1cc(Br)ccc1-n1c(=O)ccc2cc(S(=O)(=O)NC3C=COC3)ccc21. The molecule has 29 heavy (non-hydrogen) atoms. The zero-order chi connectivity index (χ0) is 20.6. The normalized spacial score (nSPS) is 16.1. The van der Waals surface area contributed by atoms with Gasteiger partial charge in [0.15, 0.2) is 0 Å². The number of halogens is 1. The van der Waals surface area contributed by atoms with Gasteiger partial charge in [-0.15, -0.1) is 0 Å². The molecule has 3 aromatic rings. The molecule has 1 aromatic heterocycles. The molecule has 0 amide bonds. The molecule has 0 saturated heterocycles. The molecule has 0 radical (unpaired) electrons. The second-order valence-corrected chi connectivity index (χ2v) is 9.06. The van der Waals surface area contributed by atoms with Crippen LogP contribution in [0.15, 0.2) is 75.0 Å². The van der Waals surface area contributed by atoms with Gasteiger partial charge in [-0.3, -0.25) is 9.36 Å². The lowest BCUT2D eigenvalue weighted by Gasteiger charge is -2.15. The Bertz CT molecular complexity index is 1280. The molecule has 4 rings (SSSR count). The van der Waals surface area contributed by atoms with Gasteiger partial charge in [0.25, 0.3) is 5.56 Å². The number of sulfonamides is 1. The lowest BCUT2D eigenvalue weighted by atomic mass is 10.2. The Morgan fingerprint density at radius 1 is 1.17 bits per heavy atom. The van der Waals surface area contributed by atoms with Crippen LogP contribution in [0.4, 0.5) is 0 Å². The molecule has 9 heteroatoms. The van der Waals surface area contributed by atoms with Crippen molar-refractivity contribution in [3.05, 3.63) is 75.7 Å². The van der Waals surface area contributed by atoms with Crippen LogP contribution >= 0.6 is 15.9 Å². The molecule has 1 aliphatic heterocycles. The predicted molar refractivity (Wildman–Crippen MR) is 113 cm³/mol. The maximum absolute atomic E-state index is 12.7. The van der Waals surface area contributed by atoms with E-state index >= 15 is 0 Å². The van der Waals surface area contributed by atoms with Crippen LogP contribution in [0.3, 0.4) is 0 Å². The Labute approximate surface area is 175 Å². The molecule has 0 spiro atoms. The van der Waals surface area contributed by atoms with E-state index in [1.807, 2.05) is 6.07 Å². The predicted octanol–water partition coefficient (Wildman–Crippen LogP) is 2.95. The van der Waals surface area contributed by atoms with Crippen LogP contribution in [0.2, 0.25) is 0 Å². The Kier molecular flexibility index (Phi) is 5.20. The van der Waals surface area contributed by atoms with Gasteiger partial charge in [0, 0.05) is 15.9 Å². The van der Waals surface area contributed by atoms with E-state index < -0.39 is 16.1 Å². The molecule has 0 fully saturated rings. The number of benzene rings is 2. The summed E-state index contributed by atoms with van der Waals surface area (Å²) in [7, 11) is -2.21. The van der Waals surface area contributed by atoms with Crippen molar-refractivity contribution >= 4 is 36.9 Å². The molecule has 1 unspecified atom stereocenters. The van der Waals surface area contributed by atoms with Crippen LogP contribution in [0.5, 0.6) is 5.75 Å². The Morgan fingerprint density at radius 2 is 2.00 bits per heavy atom. The van der Waals surface area contributed by atoms with Crippen molar-refractivity contribution in [3.63, 3.8) is 0 Å². The number of fused-ring (bicyclic) bond motifs is 1. The first-order valence-electron chi connectivity index (χ1n) is 8.69. The monoisotopic (exact) mass is 476 g/mol. The largest absolute Gasteiger partial charge is 0.499 e. The van der Waals surface area contributed by atoms with Gasteiger partial charge in [0.05, 0.1) is 35.5 Å². The van der Waals surface area contributed by atoms with Crippen molar-refractivity contribution in [2.75, 3.05) is 13.7 Å². The Hall–Kier alpha value is -2.62. The van der Waals surface area contributed by atoms with E-state index in [2.05, 4.69) is 20.7 Å². The summed E-state index contributed by atoms with van der Waals surface area (Å²) in [5, 5.41) is 0.607. The van der Waals surface area contributed by atoms with Crippen molar-refractivity contribution < 1.29 is 17.9 Å². The minimum atomic E-state index is -3.74. The summed E-state index contributed by atoms with van der Waals surface area (Å²) in [6.45, 7) is 0.260. The summed E-state index contributed by atoms with van der Waals surface area (Å²) in [6.07, 6.45) is 3.12. The van der Waals surface area contributed by atoms with Gasteiger partial charge < -0.3 is 9.47 Å². The highest BCUT2D eigenvalue weighted by atomic mass is 79.9. The maximum Gasteiger partial charge on any atom is 0.255 e. The molecular formula is C20H17BrN2O5S. The third-order valence-electron chi connectivity index (χ3n) is 4.55. The van der Waals surface area contributed by atoms with E-state index in [0.29, 0.717) is 22.3 Å². The second-order valence-electron chi connectivity index (χ2n) is 6.43. The van der Waals surface area contributed by atoms with E-state index in [9.17, 15) is 13.2 Å². The minimum Gasteiger partial charge on any atom is -0.499 e. The van der Waals surface area contributed by atoms with E-state index in [0.717, 1.165) is 4.47 Å². The molecule has 1 N–H and O–H groups in total. The van der Waals surface area contributed by atoms with Gasteiger partial charge >= 0.3 is 0 Å². The average molecular weight is 477 g/mol. The first-order valence-corrected chi connectivity index (χ1v) is 11.0. The Morgan fingerprint density at radius 3 is 2.72 bits per heavy atom. The van der Waals surface area contributed by atoms with Crippen molar-refractivity contribution in [1.29, 1.82) is 0 Å². The van der Waals surface area contributed by atoms with Crippen molar-refractivity contribution in [1.82, 2.24) is 9.29 Å². The second kappa shape index (κ2) is 7.66. The summed E-state index contributed by atoms with van der Waals surface area (Å²) in [5.74, 6) is 0.514. The van der Waals surface area contributed by atoms with Crippen LogP contribution in [0.1, 0.15) is 0 Å². The van der Waals surface area contributed by atoms with Crippen LogP contribution in [-0.4, -0.2) is 32.7 Å². The van der Waals surface area contributed by atoms with Crippen LogP contribution in [0.25, 0.3) is 16.6 Å². The molecule has 1 atom stereocenters. The highest BCUT2D eigenvalue weighted by molar-refractivity contribution is 9.10. The molecule has 1 aliphatic rings. The number of ether oxygens (including phenoxy) is 2. The minimum absolute atomic E-state index is 0.110. The number of rotatable bonds is 5. The smallest absolute Gasteiger partial charge is 0.255 e. The average Bonchev–Trinajstić information content (AvgIpc) is 3.20. The summed E-state index contributed by atoms with van der Waals surface area (Å²) in [5.41, 5.74) is 0.884. The standard InChI is InChI=1S/C20H17BrN2O5S/c1-27-19-11-14(21)3-5-18(19)23-17-6-4-16(10-13(17)2-7-20(23)24)29(25,26)22-15-8-9-28-12-15/h2-11,15,22H,12H2,1H3. The first kappa shape index (κ1) is 19.7. The fraction of sp³-hybridized carbons (Fsp3) is 0.150. The third-order valence-corrected chi connectivity index (χ3v) is 6.53. The van der Waals surface area contributed by atoms with Crippen LogP contribution in [-0.2, 0) is 14.8 Å². The maximum atomic E-state index is 12.7. The quantitative estimate of drug-likeness (QED) is 0.611. The molecule has 2 heterocycles. The zero-order valence-corrected chi connectivity index (χ0v) is 17.7. The Balaban J connectivity index is 1.84. The number of hydrogen-bond donors (Lipinski definition) is 1. The van der Waals surface area contributed by atoms with Gasteiger partial charge in [0.1, 0.15) is 12.4 Å². The third kappa shape index (κ3) is 3.81. The topological polar surface area (TPSA) is 86.6 Å². The first-order chi connectivity index (χ1) is 13.9. The molecule has 0 aliphatic carbocycles. The van der Waals surface area contributed by atoms with E-state index in [1.165, 1.54) is 30.1 Å². The van der Waals surface area contributed by atoms with Gasteiger partial charge in [-0.2, -0.15) is 0 Å². The van der Waals surface area contributed by atoms with Gasteiger partial charge in [-0.05, 0) is 48.5 Å². The molecular weight excluding hydrogens is 460 g/mol. The fourth-order valence-corrected chi connectivity index (χ4v) is 4.73. The van der Waals surface area contributed by atoms with Gasteiger partial charge in [0.2, 0.25) is 10.0 Å². The molecule has 150 valence electrons. The number of nitrogens with one attached hydrogen (secondary N) is 1. The number of nitrogens with zero attached hydrogens (tertiary/aromatic N) is 1. The van der Waals surface area contributed by atoms with Crippen molar-refractivity contribution in [2.24, 2.45) is 0 Å². The van der Waals surface area contributed by atoms with Crippen molar-refractivity contribution in [3.8, 4) is 11.4 Å². The lowest BCUT2D eigenvalue weighted by molar-refractivity contribution is 0.265. The van der Waals surface area contributed by atoms with Gasteiger partial charge in [-0.25, -0.2) is 13.1 Å². The highest BCUT2D eigenvalue weighted by Gasteiger charge is 2.22. The molecule has 7 nitrogen and oxygen atoms in total. The summed E-state index contributed by atoms with van der Waals surface area (Å²) in [6, 6.07) is 12.6.